The number of rotatable bonds is 6. The summed E-state index contributed by atoms with van der Waals surface area (Å²) < 4.78 is 6.99. The van der Waals surface area contributed by atoms with E-state index in [1.54, 1.807) is 11.3 Å². The Morgan fingerprint density at radius 2 is 2.05 bits per heavy atom. The van der Waals surface area contributed by atoms with Crippen molar-refractivity contribution in [3.05, 3.63) is 50.1 Å². The summed E-state index contributed by atoms with van der Waals surface area (Å²) in [4.78, 5) is 1.34. The number of ether oxygens (including phenoxy) is 1. The van der Waals surface area contributed by atoms with Gasteiger partial charge < -0.3 is 10.1 Å². The first-order valence-electron chi connectivity index (χ1n) is 7.27. The maximum Gasteiger partial charge on any atom is 0.120 e. The number of thiophene rings is 1. The van der Waals surface area contributed by atoms with Crippen molar-refractivity contribution in [2.75, 3.05) is 6.54 Å². The van der Waals surface area contributed by atoms with E-state index in [0.29, 0.717) is 0 Å². The molecule has 0 aliphatic rings. The molecule has 2 rings (SSSR count). The van der Waals surface area contributed by atoms with Gasteiger partial charge in [0.1, 0.15) is 5.75 Å². The summed E-state index contributed by atoms with van der Waals surface area (Å²) in [6.45, 7) is 9.33. The minimum atomic E-state index is 0.190. The summed E-state index contributed by atoms with van der Waals surface area (Å²) in [7, 11) is 0. The average Bonchev–Trinajstić information content (AvgIpc) is 2.74. The number of hydrogen-bond donors (Lipinski definition) is 1. The van der Waals surface area contributed by atoms with Crippen LogP contribution in [0, 0.1) is 6.92 Å². The molecule has 0 radical (unpaired) electrons. The third kappa shape index (κ3) is 4.31. The molecule has 2 aromatic rings. The highest BCUT2D eigenvalue weighted by Gasteiger charge is 2.18. The molecule has 1 unspecified atom stereocenters. The van der Waals surface area contributed by atoms with Gasteiger partial charge in [0.15, 0.2) is 0 Å². The fraction of sp³-hybridized carbons (Fsp3) is 0.412. The molecule has 0 bridgehead atoms. The van der Waals surface area contributed by atoms with Crippen LogP contribution in [0.3, 0.4) is 0 Å². The summed E-state index contributed by atoms with van der Waals surface area (Å²) in [6, 6.07) is 10.8. The predicted molar refractivity (Wildman–Crippen MR) is 94.5 cm³/mol. The Labute approximate surface area is 139 Å². The molecule has 0 amide bonds. The quantitative estimate of drug-likeness (QED) is 0.747. The molecule has 1 atom stereocenters. The van der Waals surface area contributed by atoms with E-state index in [1.807, 2.05) is 6.07 Å². The second-order valence-corrected chi connectivity index (χ2v) is 7.93. The van der Waals surface area contributed by atoms with E-state index in [4.69, 9.17) is 4.74 Å². The highest BCUT2D eigenvalue weighted by atomic mass is 79.9. The van der Waals surface area contributed by atoms with Crippen LogP contribution in [0.15, 0.2) is 34.1 Å². The van der Waals surface area contributed by atoms with Crippen molar-refractivity contribution in [2.45, 2.75) is 39.8 Å². The lowest BCUT2D eigenvalue weighted by Gasteiger charge is -2.20. The maximum atomic E-state index is 5.82. The van der Waals surface area contributed by atoms with Gasteiger partial charge in [0, 0.05) is 4.88 Å². The minimum Gasteiger partial charge on any atom is -0.491 e. The first-order chi connectivity index (χ1) is 10.0. The van der Waals surface area contributed by atoms with Crippen molar-refractivity contribution in [1.29, 1.82) is 0 Å². The van der Waals surface area contributed by atoms with E-state index in [9.17, 15) is 0 Å². The van der Waals surface area contributed by atoms with E-state index >= 15 is 0 Å². The summed E-state index contributed by atoms with van der Waals surface area (Å²) in [5, 5.41) is 3.58. The summed E-state index contributed by atoms with van der Waals surface area (Å²) in [5.41, 5.74) is 2.57. The first kappa shape index (κ1) is 16.5. The lowest BCUT2D eigenvalue weighted by Crippen LogP contribution is -2.22. The van der Waals surface area contributed by atoms with Gasteiger partial charge in [0.25, 0.3) is 0 Å². The second kappa shape index (κ2) is 7.43. The van der Waals surface area contributed by atoms with Crippen LogP contribution in [0.25, 0.3) is 0 Å². The van der Waals surface area contributed by atoms with E-state index in [-0.39, 0.29) is 12.1 Å². The molecule has 0 spiro atoms. The van der Waals surface area contributed by atoms with Gasteiger partial charge in [-0.05, 0) is 72.6 Å². The van der Waals surface area contributed by atoms with E-state index in [1.165, 1.54) is 19.8 Å². The van der Waals surface area contributed by atoms with Crippen LogP contribution in [-0.4, -0.2) is 12.6 Å². The molecular formula is C17H22BrNOS. The van der Waals surface area contributed by atoms with Gasteiger partial charge in [-0.15, -0.1) is 11.3 Å². The normalized spacial score (nSPS) is 12.7. The largest absolute Gasteiger partial charge is 0.491 e. The van der Waals surface area contributed by atoms with Gasteiger partial charge in [-0.1, -0.05) is 19.1 Å². The standard InChI is InChI=1S/C17H22BrNOS/c1-5-19-17(15-10-16(18)21-12(15)4)13-7-6-8-14(9-13)20-11(2)3/h6-11,17,19H,5H2,1-4H3. The van der Waals surface area contributed by atoms with Crippen LogP contribution < -0.4 is 10.1 Å². The summed E-state index contributed by atoms with van der Waals surface area (Å²) in [6.07, 6.45) is 0.190. The Hall–Kier alpha value is -0.840. The first-order valence-corrected chi connectivity index (χ1v) is 8.88. The number of hydrogen-bond acceptors (Lipinski definition) is 3. The highest BCUT2D eigenvalue weighted by molar-refractivity contribution is 9.11. The summed E-state index contributed by atoms with van der Waals surface area (Å²) in [5.74, 6) is 0.928. The molecule has 0 aliphatic carbocycles. The van der Waals surface area contributed by atoms with E-state index < -0.39 is 0 Å². The molecule has 0 fully saturated rings. The van der Waals surface area contributed by atoms with E-state index in [0.717, 1.165) is 12.3 Å². The Kier molecular flexibility index (Phi) is 5.85. The molecule has 1 heterocycles. The van der Waals surface area contributed by atoms with Crippen LogP contribution >= 0.6 is 27.3 Å². The van der Waals surface area contributed by atoms with Crippen molar-refractivity contribution in [1.82, 2.24) is 5.32 Å². The maximum absolute atomic E-state index is 5.82. The fourth-order valence-electron chi connectivity index (χ4n) is 2.40. The zero-order chi connectivity index (χ0) is 15.4. The van der Waals surface area contributed by atoms with Crippen LogP contribution in [0.2, 0.25) is 0 Å². The van der Waals surface area contributed by atoms with Crippen LogP contribution in [-0.2, 0) is 0 Å². The molecule has 0 aliphatic heterocycles. The van der Waals surface area contributed by atoms with Crippen LogP contribution in [0.5, 0.6) is 5.75 Å². The van der Waals surface area contributed by atoms with Gasteiger partial charge in [-0.2, -0.15) is 0 Å². The SMILES string of the molecule is CCNC(c1cccc(OC(C)C)c1)c1cc(Br)sc1C. The second-order valence-electron chi connectivity index (χ2n) is 5.29. The van der Waals surface area contributed by atoms with Crippen molar-refractivity contribution in [3.63, 3.8) is 0 Å². The molecule has 2 nitrogen and oxygen atoms in total. The zero-order valence-electron chi connectivity index (χ0n) is 12.9. The molecule has 1 aromatic heterocycles. The van der Waals surface area contributed by atoms with Crippen molar-refractivity contribution in [3.8, 4) is 5.75 Å². The van der Waals surface area contributed by atoms with Crippen molar-refractivity contribution in [2.24, 2.45) is 0 Å². The molecule has 1 aromatic carbocycles. The average molecular weight is 368 g/mol. The highest BCUT2D eigenvalue weighted by Crippen LogP contribution is 2.34. The number of benzene rings is 1. The number of halogens is 1. The number of nitrogens with one attached hydrogen (secondary N) is 1. The van der Waals surface area contributed by atoms with Crippen molar-refractivity contribution < 1.29 is 4.74 Å². The molecule has 0 saturated heterocycles. The number of aryl methyl sites for hydroxylation is 1. The molecule has 21 heavy (non-hydrogen) atoms. The van der Waals surface area contributed by atoms with Gasteiger partial charge >= 0.3 is 0 Å². The Morgan fingerprint density at radius 1 is 1.29 bits per heavy atom. The fourth-order valence-corrected chi connectivity index (χ4v) is 4.14. The third-order valence-electron chi connectivity index (χ3n) is 3.21. The zero-order valence-corrected chi connectivity index (χ0v) is 15.3. The van der Waals surface area contributed by atoms with Gasteiger partial charge in [-0.3, -0.25) is 0 Å². The molecular weight excluding hydrogens is 346 g/mol. The van der Waals surface area contributed by atoms with Gasteiger partial charge in [-0.25, -0.2) is 0 Å². The monoisotopic (exact) mass is 367 g/mol. The van der Waals surface area contributed by atoms with Gasteiger partial charge in [0.2, 0.25) is 0 Å². The van der Waals surface area contributed by atoms with E-state index in [2.05, 4.69) is 73.2 Å². The van der Waals surface area contributed by atoms with Crippen LogP contribution in [0.1, 0.15) is 42.8 Å². The third-order valence-corrected chi connectivity index (χ3v) is 4.78. The Morgan fingerprint density at radius 3 is 2.62 bits per heavy atom. The predicted octanol–water partition coefficient (Wildman–Crippen LogP) is 5.31. The lowest BCUT2D eigenvalue weighted by molar-refractivity contribution is 0.242. The summed E-state index contributed by atoms with van der Waals surface area (Å²) >= 11 is 5.37. The molecule has 1 N–H and O–H groups in total. The molecule has 4 heteroatoms. The lowest BCUT2D eigenvalue weighted by atomic mass is 9.99. The minimum absolute atomic E-state index is 0.190. The topological polar surface area (TPSA) is 21.3 Å². The molecule has 0 saturated carbocycles. The van der Waals surface area contributed by atoms with Crippen LogP contribution in [0.4, 0.5) is 0 Å². The molecule has 114 valence electrons. The Bertz CT molecular complexity index is 594. The van der Waals surface area contributed by atoms with Gasteiger partial charge in [0.05, 0.1) is 15.9 Å². The Balaban J connectivity index is 2.36. The smallest absolute Gasteiger partial charge is 0.120 e. The van der Waals surface area contributed by atoms with Crippen molar-refractivity contribution >= 4 is 27.3 Å².